The van der Waals surface area contributed by atoms with E-state index in [4.69, 9.17) is 4.52 Å². The van der Waals surface area contributed by atoms with E-state index < -0.39 is 0 Å². The molecule has 1 heterocycles. The molecule has 0 amide bonds. The molecule has 1 aromatic heterocycles. The van der Waals surface area contributed by atoms with Crippen molar-refractivity contribution in [1.29, 1.82) is 0 Å². The third-order valence-corrected chi connectivity index (χ3v) is 4.21. The third kappa shape index (κ3) is 2.43. The quantitative estimate of drug-likeness (QED) is 0.784. The Bertz CT molecular complexity index is 523. The second kappa shape index (κ2) is 5.13. The molecule has 2 heteroatoms. The summed E-state index contributed by atoms with van der Waals surface area (Å²) in [7, 11) is 0. The highest BCUT2D eigenvalue weighted by atomic mass is 16.5. The fraction of sp³-hybridized carbons (Fsp3) is 0.562. The van der Waals surface area contributed by atoms with E-state index in [1.165, 1.54) is 49.5 Å². The molecule has 0 unspecified atom stereocenters. The fourth-order valence-electron chi connectivity index (χ4n) is 3.10. The van der Waals surface area contributed by atoms with Gasteiger partial charge in [0.2, 0.25) is 0 Å². The Kier molecular flexibility index (Phi) is 3.35. The molecule has 96 valence electrons. The Labute approximate surface area is 108 Å². The minimum atomic E-state index is 0.912. The zero-order chi connectivity index (χ0) is 12.4. The average Bonchev–Trinajstić information content (AvgIpc) is 2.80. The lowest BCUT2D eigenvalue weighted by molar-refractivity contribution is 0.336. The second-order valence-corrected chi connectivity index (χ2v) is 5.67. The van der Waals surface area contributed by atoms with Crippen LogP contribution in [0.4, 0.5) is 0 Å². The molecule has 1 aromatic carbocycles. The van der Waals surface area contributed by atoms with Crippen LogP contribution in [0.1, 0.15) is 49.8 Å². The summed E-state index contributed by atoms with van der Waals surface area (Å²) in [5, 5.41) is 5.46. The summed E-state index contributed by atoms with van der Waals surface area (Å²) < 4.78 is 5.39. The average molecular weight is 243 g/mol. The molecule has 1 fully saturated rings. The van der Waals surface area contributed by atoms with Gasteiger partial charge in [0.1, 0.15) is 0 Å². The molecule has 0 saturated heterocycles. The van der Waals surface area contributed by atoms with Crippen LogP contribution in [0.25, 0.3) is 11.0 Å². The minimum Gasteiger partial charge on any atom is -0.356 e. The zero-order valence-electron chi connectivity index (χ0n) is 11.1. The number of benzene rings is 1. The maximum atomic E-state index is 5.39. The molecule has 0 N–H and O–H groups in total. The van der Waals surface area contributed by atoms with Gasteiger partial charge in [0, 0.05) is 5.39 Å². The van der Waals surface area contributed by atoms with Crippen LogP contribution in [0, 0.1) is 12.8 Å². The van der Waals surface area contributed by atoms with E-state index in [0.717, 1.165) is 23.6 Å². The predicted molar refractivity (Wildman–Crippen MR) is 73.6 cm³/mol. The topological polar surface area (TPSA) is 26.0 Å². The molecule has 2 aromatic rings. The highest BCUT2D eigenvalue weighted by Gasteiger charge is 2.15. The maximum absolute atomic E-state index is 5.39. The molecular formula is C16H21NO. The number of nitrogens with zero attached hydrogens (tertiary/aromatic N) is 1. The van der Waals surface area contributed by atoms with Crippen LogP contribution in [0.5, 0.6) is 0 Å². The van der Waals surface area contributed by atoms with Gasteiger partial charge >= 0.3 is 0 Å². The van der Waals surface area contributed by atoms with Crippen LogP contribution in [0.3, 0.4) is 0 Å². The van der Waals surface area contributed by atoms with Crippen LogP contribution < -0.4 is 0 Å². The van der Waals surface area contributed by atoms with Gasteiger partial charge in [-0.2, -0.15) is 0 Å². The van der Waals surface area contributed by atoms with Crippen molar-refractivity contribution >= 4 is 11.0 Å². The molecule has 1 aliphatic carbocycles. The lowest BCUT2D eigenvalue weighted by Crippen LogP contribution is -2.07. The standard InChI is InChI=1S/C16H21NO/c1-12-7-10-16-14(11-12)15(17-18-16)9-8-13-5-3-2-4-6-13/h7,10-11,13H,2-6,8-9H2,1H3. The van der Waals surface area contributed by atoms with E-state index in [0.29, 0.717) is 0 Å². The monoisotopic (exact) mass is 243 g/mol. The molecule has 0 radical (unpaired) electrons. The van der Waals surface area contributed by atoms with Crippen LogP contribution in [-0.4, -0.2) is 5.16 Å². The van der Waals surface area contributed by atoms with Gasteiger partial charge in [0.25, 0.3) is 0 Å². The number of fused-ring (bicyclic) bond motifs is 1. The number of hydrogen-bond acceptors (Lipinski definition) is 2. The number of rotatable bonds is 3. The molecule has 0 spiro atoms. The summed E-state index contributed by atoms with van der Waals surface area (Å²) in [6.07, 6.45) is 9.44. The van der Waals surface area contributed by atoms with Crippen LogP contribution in [-0.2, 0) is 6.42 Å². The Hall–Kier alpha value is -1.31. The SMILES string of the molecule is Cc1ccc2onc(CCC3CCCCC3)c2c1. The predicted octanol–water partition coefficient (Wildman–Crippen LogP) is 4.65. The van der Waals surface area contributed by atoms with Crippen molar-refractivity contribution in [1.82, 2.24) is 5.16 Å². The fourth-order valence-corrected chi connectivity index (χ4v) is 3.10. The zero-order valence-corrected chi connectivity index (χ0v) is 11.1. The number of aryl methyl sites for hydroxylation is 2. The summed E-state index contributed by atoms with van der Waals surface area (Å²) >= 11 is 0. The van der Waals surface area contributed by atoms with Crippen LogP contribution in [0.15, 0.2) is 22.7 Å². The number of hydrogen-bond donors (Lipinski definition) is 0. The lowest BCUT2D eigenvalue weighted by atomic mass is 9.85. The molecule has 1 saturated carbocycles. The van der Waals surface area contributed by atoms with Crippen molar-refractivity contribution in [3.8, 4) is 0 Å². The summed E-state index contributed by atoms with van der Waals surface area (Å²) in [5.74, 6) is 0.912. The van der Waals surface area contributed by atoms with Gasteiger partial charge in [0.05, 0.1) is 5.69 Å². The third-order valence-electron chi connectivity index (χ3n) is 4.21. The van der Waals surface area contributed by atoms with E-state index in [2.05, 4.69) is 24.2 Å². The second-order valence-electron chi connectivity index (χ2n) is 5.67. The maximum Gasteiger partial charge on any atom is 0.167 e. The Morgan fingerprint density at radius 2 is 2.06 bits per heavy atom. The largest absolute Gasteiger partial charge is 0.356 e. The highest BCUT2D eigenvalue weighted by Crippen LogP contribution is 2.29. The first-order valence-electron chi connectivity index (χ1n) is 7.18. The molecule has 18 heavy (non-hydrogen) atoms. The van der Waals surface area contributed by atoms with E-state index in [9.17, 15) is 0 Å². The van der Waals surface area contributed by atoms with E-state index in [-0.39, 0.29) is 0 Å². The first-order valence-corrected chi connectivity index (χ1v) is 7.18. The van der Waals surface area contributed by atoms with E-state index >= 15 is 0 Å². The van der Waals surface area contributed by atoms with Crippen molar-refractivity contribution in [3.05, 3.63) is 29.5 Å². The first-order chi connectivity index (χ1) is 8.83. The van der Waals surface area contributed by atoms with Crippen molar-refractivity contribution in [2.24, 2.45) is 5.92 Å². The summed E-state index contributed by atoms with van der Waals surface area (Å²) in [5.41, 5.74) is 3.36. The summed E-state index contributed by atoms with van der Waals surface area (Å²) in [6.45, 7) is 2.12. The molecule has 0 aliphatic heterocycles. The van der Waals surface area contributed by atoms with Crippen molar-refractivity contribution < 1.29 is 4.52 Å². The lowest BCUT2D eigenvalue weighted by Gasteiger charge is -2.20. The summed E-state index contributed by atoms with van der Waals surface area (Å²) in [4.78, 5) is 0. The normalized spacial score (nSPS) is 17.4. The first kappa shape index (κ1) is 11.8. The van der Waals surface area contributed by atoms with Crippen molar-refractivity contribution in [3.63, 3.8) is 0 Å². The molecule has 0 bridgehead atoms. The van der Waals surface area contributed by atoms with Crippen molar-refractivity contribution in [2.75, 3.05) is 0 Å². The number of aromatic nitrogens is 1. The van der Waals surface area contributed by atoms with Gasteiger partial charge in [0.15, 0.2) is 5.58 Å². The Morgan fingerprint density at radius 1 is 1.22 bits per heavy atom. The van der Waals surface area contributed by atoms with Crippen LogP contribution in [0.2, 0.25) is 0 Å². The highest BCUT2D eigenvalue weighted by molar-refractivity contribution is 5.80. The molecular weight excluding hydrogens is 222 g/mol. The molecule has 3 rings (SSSR count). The summed E-state index contributed by atoms with van der Waals surface area (Å²) in [6, 6.07) is 6.31. The van der Waals surface area contributed by atoms with Gasteiger partial charge in [-0.25, -0.2) is 0 Å². The minimum absolute atomic E-state index is 0.912. The molecule has 0 atom stereocenters. The van der Waals surface area contributed by atoms with Gasteiger partial charge in [-0.05, 0) is 37.8 Å². The molecule has 1 aliphatic rings. The Balaban J connectivity index is 1.72. The van der Waals surface area contributed by atoms with E-state index in [1.54, 1.807) is 0 Å². The molecule has 2 nitrogen and oxygen atoms in total. The smallest absolute Gasteiger partial charge is 0.167 e. The van der Waals surface area contributed by atoms with Gasteiger partial charge in [-0.15, -0.1) is 0 Å². The van der Waals surface area contributed by atoms with Crippen LogP contribution >= 0.6 is 0 Å². The Morgan fingerprint density at radius 3 is 2.89 bits per heavy atom. The van der Waals surface area contributed by atoms with E-state index in [1.807, 2.05) is 6.07 Å². The van der Waals surface area contributed by atoms with Crippen molar-refractivity contribution in [2.45, 2.75) is 51.9 Å². The van der Waals surface area contributed by atoms with Gasteiger partial charge in [-0.1, -0.05) is 48.9 Å². The van der Waals surface area contributed by atoms with Gasteiger partial charge in [-0.3, -0.25) is 0 Å². The van der Waals surface area contributed by atoms with Gasteiger partial charge < -0.3 is 4.52 Å².